The van der Waals surface area contributed by atoms with Crippen LogP contribution in [-0.4, -0.2) is 40.6 Å². The zero-order valence-electron chi connectivity index (χ0n) is 14.6. The topological polar surface area (TPSA) is 62.1 Å². The lowest BCUT2D eigenvalue weighted by molar-refractivity contribution is 0.146. The molecule has 0 spiro atoms. The molecule has 5 nitrogen and oxygen atoms in total. The zero-order chi connectivity index (χ0) is 17.1. The highest BCUT2D eigenvalue weighted by atomic mass is 35.5. The molecule has 3 N–H and O–H groups in total. The molecule has 2 heterocycles. The zero-order valence-corrected chi connectivity index (χ0v) is 16.2. The number of halogens is 2. The molecule has 0 saturated carbocycles. The fourth-order valence-electron chi connectivity index (χ4n) is 3.24. The molecule has 2 unspecified atom stereocenters. The molecular weight excluding hydrogens is 359 g/mol. The van der Waals surface area contributed by atoms with Crippen molar-refractivity contribution in [3.05, 3.63) is 51.8 Å². The number of aliphatic hydroxyl groups is 1. The number of rotatable bonds is 6. The fraction of sp³-hybridized carbons (Fsp3) is 0.500. The Bertz CT molecular complexity index is 704. The summed E-state index contributed by atoms with van der Waals surface area (Å²) in [5.41, 5.74) is 4.49. The van der Waals surface area contributed by atoms with Crippen LogP contribution in [0.25, 0.3) is 0 Å². The number of aryl methyl sites for hydroxylation is 1. The molecule has 1 saturated heterocycles. The van der Waals surface area contributed by atoms with Gasteiger partial charge in [-0.3, -0.25) is 4.68 Å². The molecule has 1 aliphatic rings. The average molecular weight is 385 g/mol. The van der Waals surface area contributed by atoms with E-state index in [-0.39, 0.29) is 24.4 Å². The van der Waals surface area contributed by atoms with E-state index in [1.165, 1.54) is 5.56 Å². The summed E-state index contributed by atoms with van der Waals surface area (Å²) in [5.74, 6) is 0.281. The van der Waals surface area contributed by atoms with Crippen molar-refractivity contribution < 1.29 is 5.11 Å². The van der Waals surface area contributed by atoms with E-state index in [0.29, 0.717) is 13.1 Å². The van der Waals surface area contributed by atoms with Crippen LogP contribution >= 0.6 is 24.0 Å². The summed E-state index contributed by atoms with van der Waals surface area (Å²) in [7, 11) is 0. The van der Waals surface area contributed by atoms with Gasteiger partial charge < -0.3 is 15.7 Å². The predicted molar refractivity (Wildman–Crippen MR) is 104 cm³/mol. The molecule has 0 aliphatic carbocycles. The monoisotopic (exact) mass is 384 g/mol. The van der Waals surface area contributed by atoms with Crippen LogP contribution in [0.5, 0.6) is 0 Å². The lowest BCUT2D eigenvalue weighted by atomic mass is 10.1. The summed E-state index contributed by atoms with van der Waals surface area (Å²) in [6.07, 6.45) is -0.248. The number of benzene rings is 1. The largest absolute Gasteiger partial charge is 0.391 e. The van der Waals surface area contributed by atoms with Gasteiger partial charge in [0.2, 0.25) is 0 Å². The molecule has 2 atom stereocenters. The van der Waals surface area contributed by atoms with Gasteiger partial charge in [-0.15, -0.1) is 12.4 Å². The van der Waals surface area contributed by atoms with Gasteiger partial charge >= 0.3 is 0 Å². The van der Waals surface area contributed by atoms with E-state index < -0.39 is 0 Å². The maximum Gasteiger partial charge on any atom is 0.0716 e. The number of aromatic nitrogens is 2. The van der Waals surface area contributed by atoms with Crippen molar-refractivity contribution in [2.24, 2.45) is 5.92 Å². The minimum absolute atomic E-state index is 0. The van der Waals surface area contributed by atoms with Gasteiger partial charge in [-0.05, 0) is 25.5 Å². The van der Waals surface area contributed by atoms with Gasteiger partial charge in [0.1, 0.15) is 0 Å². The number of nitrogens with one attached hydrogen (secondary N) is 2. The van der Waals surface area contributed by atoms with Crippen molar-refractivity contribution in [2.45, 2.75) is 33.0 Å². The van der Waals surface area contributed by atoms with E-state index in [0.717, 1.165) is 41.6 Å². The Labute approximate surface area is 160 Å². The Kier molecular flexibility index (Phi) is 7.28. The average Bonchev–Trinajstić information content (AvgIpc) is 3.08. The van der Waals surface area contributed by atoms with Crippen LogP contribution in [0.2, 0.25) is 5.02 Å². The Balaban J connectivity index is 0.00000225. The second-order valence-corrected chi connectivity index (χ2v) is 6.92. The van der Waals surface area contributed by atoms with E-state index in [9.17, 15) is 5.11 Å². The van der Waals surface area contributed by atoms with Crippen LogP contribution in [0.3, 0.4) is 0 Å². The SMILES string of the molecule is Cc1nn(Cc2ccccc2Cl)c(C)c1CNCC1CNCC1O.Cl. The lowest BCUT2D eigenvalue weighted by Crippen LogP contribution is -2.30. The minimum Gasteiger partial charge on any atom is -0.391 e. The normalized spacial score (nSPS) is 19.8. The molecule has 25 heavy (non-hydrogen) atoms. The van der Waals surface area contributed by atoms with Crippen LogP contribution in [0.15, 0.2) is 24.3 Å². The third kappa shape index (κ3) is 4.74. The Hall–Kier alpha value is -1.11. The van der Waals surface area contributed by atoms with E-state index in [1.54, 1.807) is 0 Å². The van der Waals surface area contributed by atoms with Crippen molar-refractivity contribution in [3.8, 4) is 0 Å². The standard InChI is InChI=1S/C18H25ClN4O.ClH/c1-12-16(9-20-7-15-8-21-10-18(15)24)13(2)23(22-12)11-14-5-3-4-6-17(14)19;/h3-6,15,18,20-21,24H,7-11H2,1-2H3;1H. The highest BCUT2D eigenvalue weighted by Crippen LogP contribution is 2.19. The Morgan fingerprint density at radius 1 is 1.32 bits per heavy atom. The van der Waals surface area contributed by atoms with E-state index >= 15 is 0 Å². The third-order valence-electron chi connectivity index (χ3n) is 4.82. The number of β-amino-alcohol motifs (C(OH)–C–C–N with tert-alkyl or cyclic N) is 1. The minimum atomic E-state index is -0.248. The number of nitrogens with zero attached hydrogens (tertiary/aromatic N) is 2. The molecule has 0 amide bonds. The summed E-state index contributed by atoms with van der Waals surface area (Å²) in [5, 5.41) is 22.0. The second kappa shape index (κ2) is 9.01. The van der Waals surface area contributed by atoms with Gasteiger partial charge in [-0.25, -0.2) is 0 Å². The molecule has 0 radical (unpaired) electrons. The van der Waals surface area contributed by atoms with Crippen molar-refractivity contribution >= 4 is 24.0 Å². The van der Waals surface area contributed by atoms with Gasteiger partial charge in [-0.1, -0.05) is 29.8 Å². The van der Waals surface area contributed by atoms with Crippen LogP contribution < -0.4 is 10.6 Å². The van der Waals surface area contributed by atoms with Crippen LogP contribution in [0, 0.1) is 19.8 Å². The molecule has 3 rings (SSSR count). The number of hydrogen-bond acceptors (Lipinski definition) is 4. The molecule has 0 bridgehead atoms. The fourth-order valence-corrected chi connectivity index (χ4v) is 3.44. The van der Waals surface area contributed by atoms with Crippen molar-refractivity contribution in [1.82, 2.24) is 20.4 Å². The first-order valence-electron chi connectivity index (χ1n) is 8.42. The van der Waals surface area contributed by atoms with Crippen LogP contribution in [0.1, 0.15) is 22.5 Å². The molecule has 138 valence electrons. The van der Waals surface area contributed by atoms with E-state index in [4.69, 9.17) is 11.6 Å². The van der Waals surface area contributed by atoms with Gasteiger partial charge in [0, 0.05) is 48.4 Å². The summed E-state index contributed by atoms with van der Waals surface area (Å²) in [4.78, 5) is 0. The summed E-state index contributed by atoms with van der Waals surface area (Å²) in [6, 6.07) is 7.88. The molecule has 1 aromatic carbocycles. The molecule has 1 aliphatic heterocycles. The predicted octanol–water partition coefficient (Wildman–Crippen LogP) is 2.29. The van der Waals surface area contributed by atoms with Gasteiger partial charge in [-0.2, -0.15) is 5.10 Å². The van der Waals surface area contributed by atoms with E-state index in [2.05, 4.69) is 22.7 Å². The highest BCUT2D eigenvalue weighted by molar-refractivity contribution is 6.31. The van der Waals surface area contributed by atoms with Gasteiger partial charge in [0.25, 0.3) is 0 Å². The maximum absolute atomic E-state index is 9.86. The highest BCUT2D eigenvalue weighted by Gasteiger charge is 2.24. The van der Waals surface area contributed by atoms with E-state index in [1.807, 2.05) is 35.9 Å². The third-order valence-corrected chi connectivity index (χ3v) is 5.19. The smallest absolute Gasteiger partial charge is 0.0716 e. The summed E-state index contributed by atoms with van der Waals surface area (Å²) >= 11 is 6.26. The maximum atomic E-state index is 9.86. The number of aliphatic hydroxyl groups excluding tert-OH is 1. The Morgan fingerprint density at radius 2 is 2.08 bits per heavy atom. The summed E-state index contributed by atoms with van der Waals surface area (Å²) in [6.45, 7) is 7.96. The lowest BCUT2D eigenvalue weighted by Gasteiger charge is -2.14. The molecule has 1 aromatic heterocycles. The molecule has 7 heteroatoms. The van der Waals surface area contributed by atoms with Gasteiger partial charge in [0.15, 0.2) is 0 Å². The van der Waals surface area contributed by atoms with Crippen LogP contribution in [0.4, 0.5) is 0 Å². The second-order valence-electron chi connectivity index (χ2n) is 6.52. The van der Waals surface area contributed by atoms with Crippen molar-refractivity contribution in [3.63, 3.8) is 0 Å². The van der Waals surface area contributed by atoms with Crippen molar-refractivity contribution in [2.75, 3.05) is 19.6 Å². The Morgan fingerprint density at radius 3 is 2.76 bits per heavy atom. The first-order valence-corrected chi connectivity index (χ1v) is 8.80. The summed E-state index contributed by atoms with van der Waals surface area (Å²) < 4.78 is 2.01. The molecule has 1 fully saturated rings. The quantitative estimate of drug-likeness (QED) is 0.714. The molecular formula is C18H26Cl2N4O. The first kappa shape index (κ1) is 20.2. The van der Waals surface area contributed by atoms with Crippen molar-refractivity contribution in [1.29, 1.82) is 0 Å². The van der Waals surface area contributed by atoms with Gasteiger partial charge in [0.05, 0.1) is 18.3 Å². The molecule has 2 aromatic rings. The number of hydrogen-bond donors (Lipinski definition) is 3. The first-order chi connectivity index (χ1) is 11.6. The van der Waals surface area contributed by atoms with Crippen LogP contribution in [-0.2, 0) is 13.1 Å².